The molecule has 2 aromatic carbocycles. The van der Waals surface area contributed by atoms with Crippen LogP contribution in [0.5, 0.6) is 5.75 Å². The molecule has 0 aromatic heterocycles. The lowest BCUT2D eigenvalue weighted by atomic mass is 9.76. The van der Waals surface area contributed by atoms with E-state index in [-0.39, 0.29) is 35.9 Å². The standard InChI is InChI=1S/C26H31N3O3/c1-16(17-7-4-3-5-8-17)28-25(30)20-11-10-18-12-14-29-22(23(18)24(20)32-2)15-21-19(26(29)31)9-6-13-27-21/h3-5,7-8,10-11,16,19,21-22,27H,6,9,12-15H2,1-2H3,(H,28,30)/t16?,19-,21-,22+/m0/s1. The van der Waals surface area contributed by atoms with Crippen molar-refractivity contribution in [1.29, 1.82) is 0 Å². The van der Waals surface area contributed by atoms with E-state index >= 15 is 0 Å². The molecule has 4 atom stereocenters. The van der Waals surface area contributed by atoms with E-state index in [1.807, 2.05) is 54.3 Å². The van der Waals surface area contributed by atoms with Gasteiger partial charge in [0.15, 0.2) is 0 Å². The normalized spacial score (nSPS) is 25.2. The lowest BCUT2D eigenvalue weighted by Gasteiger charge is -2.48. The number of carbonyl (C=O) groups excluding carboxylic acids is 2. The van der Waals surface area contributed by atoms with Crippen LogP contribution in [0.4, 0.5) is 0 Å². The lowest BCUT2D eigenvalue weighted by molar-refractivity contribution is -0.145. The van der Waals surface area contributed by atoms with Crippen molar-refractivity contribution < 1.29 is 14.3 Å². The van der Waals surface area contributed by atoms with Crippen LogP contribution < -0.4 is 15.4 Å². The van der Waals surface area contributed by atoms with Gasteiger partial charge in [0.05, 0.1) is 30.7 Å². The van der Waals surface area contributed by atoms with Crippen molar-refractivity contribution in [3.8, 4) is 5.75 Å². The fourth-order valence-corrected chi connectivity index (χ4v) is 5.73. The monoisotopic (exact) mass is 433 g/mol. The number of amides is 2. The molecule has 0 saturated carbocycles. The molecular weight excluding hydrogens is 402 g/mol. The van der Waals surface area contributed by atoms with Crippen LogP contribution in [0.15, 0.2) is 42.5 Å². The van der Waals surface area contributed by atoms with Gasteiger partial charge in [0, 0.05) is 18.2 Å². The zero-order chi connectivity index (χ0) is 22.2. The van der Waals surface area contributed by atoms with Crippen LogP contribution in [0, 0.1) is 5.92 Å². The third-order valence-corrected chi connectivity index (χ3v) is 7.38. The second kappa shape index (κ2) is 8.58. The molecule has 3 aliphatic heterocycles. The second-order valence-corrected chi connectivity index (χ2v) is 9.17. The number of ether oxygens (including phenoxy) is 1. The van der Waals surface area contributed by atoms with Gasteiger partial charge in [0.25, 0.3) is 5.91 Å². The van der Waals surface area contributed by atoms with Crippen molar-refractivity contribution in [2.75, 3.05) is 20.2 Å². The summed E-state index contributed by atoms with van der Waals surface area (Å²) in [7, 11) is 1.62. The Balaban J connectivity index is 1.47. The maximum absolute atomic E-state index is 13.3. The number of methoxy groups -OCH3 is 1. The number of hydrogen-bond donors (Lipinski definition) is 2. The minimum atomic E-state index is -0.158. The Bertz CT molecular complexity index is 1020. The van der Waals surface area contributed by atoms with Crippen LogP contribution in [0.1, 0.15) is 65.3 Å². The Hall–Kier alpha value is -2.86. The second-order valence-electron chi connectivity index (χ2n) is 9.17. The summed E-state index contributed by atoms with van der Waals surface area (Å²) in [5, 5.41) is 6.68. The summed E-state index contributed by atoms with van der Waals surface area (Å²) in [5.41, 5.74) is 3.77. The number of benzene rings is 2. The highest BCUT2D eigenvalue weighted by molar-refractivity contribution is 5.98. The first-order valence-electron chi connectivity index (χ1n) is 11.7. The van der Waals surface area contributed by atoms with Gasteiger partial charge in [-0.15, -0.1) is 0 Å². The highest BCUT2D eigenvalue weighted by Gasteiger charge is 2.46. The van der Waals surface area contributed by atoms with E-state index in [2.05, 4.69) is 10.6 Å². The van der Waals surface area contributed by atoms with Crippen LogP contribution >= 0.6 is 0 Å². The highest BCUT2D eigenvalue weighted by Crippen LogP contribution is 2.45. The predicted octanol–water partition coefficient (Wildman–Crippen LogP) is 3.38. The SMILES string of the molecule is COc1c(C(=O)NC(C)c2ccccc2)ccc2c1[C@H]1C[C@@H]3NCCC[C@@H]3C(=O)N1CC2. The largest absolute Gasteiger partial charge is 0.496 e. The summed E-state index contributed by atoms with van der Waals surface area (Å²) in [4.78, 5) is 28.6. The van der Waals surface area contributed by atoms with Crippen LogP contribution in [0.3, 0.4) is 0 Å². The smallest absolute Gasteiger partial charge is 0.255 e. The van der Waals surface area contributed by atoms with E-state index in [4.69, 9.17) is 4.74 Å². The van der Waals surface area contributed by atoms with Gasteiger partial charge >= 0.3 is 0 Å². The number of piperidine rings is 2. The van der Waals surface area contributed by atoms with Gasteiger partial charge in [-0.25, -0.2) is 0 Å². The Morgan fingerprint density at radius 3 is 2.81 bits per heavy atom. The molecule has 5 rings (SSSR count). The van der Waals surface area contributed by atoms with Crippen molar-refractivity contribution in [1.82, 2.24) is 15.5 Å². The number of fused-ring (bicyclic) bond motifs is 4. The van der Waals surface area contributed by atoms with Gasteiger partial charge in [-0.2, -0.15) is 0 Å². The molecule has 3 aliphatic rings. The molecule has 0 radical (unpaired) electrons. The first-order valence-corrected chi connectivity index (χ1v) is 11.7. The fourth-order valence-electron chi connectivity index (χ4n) is 5.73. The summed E-state index contributed by atoms with van der Waals surface area (Å²) < 4.78 is 5.85. The van der Waals surface area contributed by atoms with Gasteiger partial charge in [-0.1, -0.05) is 36.4 Å². The van der Waals surface area contributed by atoms with E-state index < -0.39 is 0 Å². The number of carbonyl (C=O) groups is 2. The molecule has 168 valence electrons. The molecule has 2 amide bonds. The molecule has 2 aromatic rings. The minimum absolute atomic E-state index is 0.0488. The molecule has 0 bridgehead atoms. The summed E-state index contributed by atoms with van der Waals surface area (Å²) >= 11 is 0. The van der Waals surface area contributed by atoms with Gasteiger partial charge < -0.3 is 20.3 Å². The van der Waals surface area contributed by atoms with Crippen LogP contribution in [-0.4, -0.2) is 43.0 Å². The van der Waals surface area contributed by atoms with E-state index in [0.29, 0.717) is 11.3 Å². The molecular formula is C26H31N3O3. The molecule has 2 N–H and O–H groups in total. The Labute approximate surface area is 189 Å². The number of hydrogen-bond acceptors (Lipinski definition) is 4. The Morgan fingerprint density at radius 2 is 2.03 bits per heavy atom. The maximum Gasteiger partial charge on any atom is 0.255 e. The minimum Gasteiger partial charge on any atom is -0.496 e. The van der Waals surface area contributed by atoms with E-state index in [9.17, 15) is 9.59 Å². The summed E-state index contributed by atoms with van der Waals surface area (Å²) in [5.74, 6) is 0.774. The summed E-state index contributed by atoms with van der Waals surface area (Å²) in [6.45, 7) is 3.68. The first-order chi connectivity index (χ1) is 15.6. The molecule has 6 heteroatoms. The lowest BCUT2D eigenvalue weighted by Crippen LogP contribution is -2.57. The van der Waals surface area contributed by atoms with Gasteiger partial charge in [-0.3, -0.25) is 9.59 Å². The van der Waals surface area contributed by atoms with Crippen LogP contribution in [-0.2, 0) is 11.2 Å². The molecule has 2 fully saturated rings. The molecule has 32 heavy (non-hydrogen) atoms. The van der Waals surface area contributed by atoms with Gasteiger partial charge in [0.2, 0.25) is 5.91 Å². The van der Waals surface area contributed by atoms with Gasteiger partial charge in [-0.05, 0) is 56.3 Å². The van der Waals surface area contributed by atoms with E-state index in [1.54, 1.807) is 7.11 Å². The average Bonchev–Trinajstić information content (AvgIpc) is 2.83. The third kappa shape index (κ3) is 3.56. The molecule has 0 spiro atoms. The zero-order valence-electron chi connectivity index (χ0n) is 18.8. The molecule has 1 unspecified atom stereocenters. The fraction of sp³-hybridized carbons (Fsp3) is 0.462. The van der Waals surface area contributed by atoms with Crippen molar-refractivity contribution in [3.05, 3.63) is 64.7 Å². The number of rotatable bonds is 4. The summed E-state index contributed by atoms with van der Waals surface area (Å²) in [6.07, 6.45) is 3.67. The summed E-state index contributed by atoms with van der Waals surface area (Å²) in [6, 6.07) is 13.9. The van der Waals surface area contributed by atoms with Gasteiger partial charge in [0.1, 0.15) is 5.75 Å². The number of nitrogens with one attached hydrogen (secondary N) is 2. The molecule has 3 heterocycles. The van der Waals surface area contributed by atoms with E-state index in [1.165, 1.54) is 5.56 Å². The third-order valence-electron chi connectivity index (χ3n) is 7.38. The van der Waals surface area contributed by atoms with Crippen LogP contribution in [0.25, 0.3) is 0 Å². The average molecular weight is 434 g/mol. The van der Waals surface area contributed by atoms with Crippen molar-refractivity contribution in [3.63, 3.8) is 0 Å². The van der Waals surface area contributed by atoms with Crippen molar-refractivity contribution >= 4 is 11.8 Å². The maximum atomic E-state index is 13.3. The number of nitrogens with zero attached hydrogens (tertiary/aromatic N) is 1. The zero-order valence-corrected chi connectivity index (χ0v) is 18.8. The van der Waals surface area contributed by atoms with Crippen molar-refractivity contribution in [2.45, 2.75) is 50.7 Å². The first kappa shape index (κ1) is 21.0. The topological polar surface area (TPSA) is 70.7 Å². The Morgan fingerprint density at radius 1 is 1.22 bits per heavy atom. The van der Waals surface area contributed by atoms with Crippen LogP contribution in [0.2, 0.25) is 0 Å². The predicted molar refractivity (Wildman–Crippen MR) is 123 cm³/mol. The quantitative estimate of drug-likeness (QED) is 0.776. The molecule has 0 aliphatic carbocycles. The van der Waals surface area contributed by atoms with E-state index in [0.717, 1.165) is 49.9 Å². The highest BCUT2D eigenvalue weighted by atomic mass is 16.5. The van der Waals surface area contributed by atoms with Crippen molar-refractivity contribution in [2.24, 2.45) is 5.92 Å². The Kier molecular flexibility index (Phi) is 5.64. The molecule has 6 nitrogen and oxygen atoms in total. The molecule has 2 saturated heterocycles.